The second-order valence-corrected chi connectivity index (χ2v) is 7.31. The summed E-state index contributed by atoms with van der Waals surface area (Å²) in [5.41, 5.74) is 4.13. The van der Waals surface area contributed by atoms with Crippen LogP contribution in [0.5, 0.6) is 0 Å². The molecule has 1 aromatic carbocycles. The van der Waals surface area contributed by atoms with Crippen LogP contribution in [0.1, 0.15) is 32.9 Å². The van der Waals surface area contributed by atoms with Gasteiger partial charge in [0.1, 0.15) is 0 Å². The number of nitrogens with zero attached hydrogens (tertiary/aromatic N) is 5. The Morgan fingerprint density at radius 2 is 1.53 bits per heavy atom. The first-order chi connectivity index (χ1) is 14.6. The van der Waals surface area contributed by atoms with E-state index in [1.807, 2.05) is 61.2 Å². The molecule has 1 fully saturated rings. The second-order valence-electron chi connectivity index (χ2n) is 7.31. The Kier molecular flexibility index (Phi) is 5.71. The van der Waals surface area contributed by atoms with E-state index in [0.29, 0.717) is 31.7 Å². The van der Waals surface area contributed by atoms with E-state index < -0.39 is 0 Å². The molecule has 2 aromatic heterocycles. The lowest BCUT2D eigenvalue weighted by Crippen LogP contribution is -2.49. The van der Waals surface area contributed by atoms with Crippen LogP contribution in [0, 0.1) is 25.7 Å². The molecule has 1 aliphatic rings. The number of rotatable bonds is 2. The van der Waals surface area contributed by atoms with Gasteiger partial charge < -0.3 is 9.80 Å². The molecule has 1 saturated heterocycles. The molecule has 0 atom stereocenters. The van der Waals surface area contributed by atoms with E-state index >= 15 is 0 Å². The summed E-state index contributed by atoms with van der Waals surface area (Å²) in [6, 6.07) is 13.5. The monoisotopic (exact) mass is 397 g/mol. The van der Waals surface area contributed by atoms with Crippen LogP contribution < -0.4 is 4.90 Å². The second kappa shape index (κ2) is 8.75. The van der Waals surface area contributed by atoms with Gasteiger partial charge in [0.25, 0.3) is 5.91 Å². The maximum Gasteiger partial charge on any atom is 0.255 e. The zero-order chi connectivity index (χ0) is 20.9. The fraction of sp³-hybridized carbons (Fsp3) is 0.250. The molecule has 30 heavy (non-hydrogen) atoms. The van der Waals surface area contributed by atoms with E-state index in [1.54, 1.807) is 12.4 Å². The van der Waals surface area contributed by atoms with Gasteiger partial charge in [-0.05, 0) is 38.1 Å². The summed E-state index contributed by atoms with van der Waals surface area (Å²) in [5.74, 6) is 6.91. The molecule has 1 amide bonds. The summed E-state index contributed by atoms with van der Waals surface area (Å²) in [7, 11) is 0. The number of anilines is 1. The van der Waals surface area contributed by atoms with Gasteiger partial charge in [0.2, 0.25) is 5.95 Å². The first-order valence-corrected chi connectivity index (χ1v) is 9.97. The third-order valence-corrected chi connectivity index (χ3v) is 4.93. The number of benzene rings is 1. The largest absolute Gasteiger partial charge is 0.337 e. The van der Waals surface area contributed by atoms with Crippen LogP contribution in [0.25, 0.3) is 0 Å². The summed E-state index contributed by atoms with van der Waals surface area (Å²) in [6.07, 6.45) is 3.29. The highest BCUT2D eigenvalue weighted by atomic mass is 16.2. The fourth-order valence-corrected chi connectivity index (χ4v) is 3.43. The number of piperazine rings is 1. The molecular weight excluding hydrogens is 374 g/mol. The quantitative estimate of drug-likeness (QED) is 0.623. The third-order valence-electron chi connectivity index (χ3n) is 4.93. The summed E-state index contributed by atoms with van der Waals surface area (Å²) in [6.45, 7) is 6.59. The first-order valence-electron chi connectivity index (χ1n) is 9.97. The highest BCUT2D eigenvalue weighted by Crippen LogP contribution is 2.15. The average Bonchev–Trinajstić information content (AvgIpc) is 2.77. The fourth-order valence-electron chi connectivity index (χ4n) is 3.43. The Labute approximate surface area is 176 Å². The number of hydrogen-bond acceptors (Lipinski definition) is 5. The number of carbonyl (C=O) groups excluding carboxylic acids is 1. The number of pyridine rings is 1. The molecule has 0 N–H and O–H groups in total. The van der Waals surface area contributed by atoms with Crippen LogP contribution in [0.3, 0.4) is 0 Å². The van der Waals surface area contributed by atoms with Gasteiger partial charge in [0.05, 0.1) is 5.56 Å². The Hall–Kier alpha value is -3.72. The molecule has 6 nitrogen and oxygen atoms in total. The topological polar surface area (TPSA) is 62.2 Å². The molecule has 150 valence electrons. The maximum absolute atomic E-state index is 13.0. The van der Waals surface area contributed by atoms with Crippen molar-refractivity contribution >= 4 is 11.9 Å². The minimum atomic E-state index is -0.0214. The zero-order valence-corrected chi connectivity index (χ0v) is 17.2. The van der Waals surface area contributed by atoms with Gasteiger partial charge in [-0.1, -0.05) is 30.0 Å². The summed E-state index contributed by atoms with van der Waals surface area (Å²) >= 11 is 0. The highest BCUT2D eigenvalue weighted by molar-refractivity contribution is 5.94. The van der Waals surface area contributed by atoms with Gasteiger partial charge in [0.15, 0.2) is 0 Å². The van der Waals surface area contributed by atoms with Crippen molar-refractivity contribution in [2.45, 2.75) is 13.8 Å². The molecule has 0 spiro atoms. The van der Waals surface area contributed by atoms with Crippen LogP contribution in [0.15, 0.2) is 54.9 Å². The third kappa shape index (κ3) is 4.64. The van der Waals surface area contributed by atoms with Crippen molar-refractivity contribution in [3.63, 3.8) is 0 Å². The van der Waals surface area contributed by atoms with Gasteiger partial charge >= 0.3 is 0 Å². The van der Waals surface area contributed by atoms with Gasteiger partial charge in [-0.2, -0.15) is 0 Å². The number of aromatic nitrogens is 3. The average molecular weight is 397 g/mol. The lowest BCUT2D eigenvalue weighted by atomic mass is 10.1. The molecule has 3 aromatic rings. The van der Waals surface area contributed by atoms with Gasteiger partial charge in [-0.3, -0.25) is 9.78 Å². The van der Waals surface area contributed by atoms with Crippen molar-refractivity contribution < 1.29 is 4.79 Å². The van der Waals surface area contributed by atoms with Crippen LogP contribution in [0.2, 0.25) is 0 Å². The number of aryl methyl sites for hydroxylation is 2. The van der Waals surface area contributed by atoms with E-state index in [1.165, 1.54) is 0 Å². The van der Waals surface area contributed by atoms with Gasteiger partial charge in [-0.25, -0.2) is 9.97 Å². The Bertz CT molecular complexity index is 1090. The molecule has 0 unspecified atom stereocenters. The van der Waals surface area contributed by atoms with E-state index in [9.17, 15) is 4.79 Å². The summed E-state index contributed by atoms with van der Waals surface area (Å²) < 4.78 is 0. The Balaban J connectivity index is 1.43. The molecular formula is C24H23N5O. The standard InChI is InChI=1S/C24H23N5O/c1-18-14-19(2)27-24(26-18)29-12-10-28(11-13-29)23(30)22-15-21(16-25-17-22)9-8-20-6-4-3-5-7-20/h3-7,14-17H,10-13H2,1-2H3. The van der Waals surface area contributed by atoms with E-state index in [2.05, 4.69) is 31.7 Å². The predicted octanol–water partition coefficient (Wildman–Crippen LogP) is 2.85. The molecule has 0 saturated carbocycles. The minimum absolute atomic E-state index is 0.0214. The number of hydrogen-bond donors (Lipinski definition) is 0. The van der Waals surface area contributed by atoms with Crippen LogP contribution in [0.4, 0.5) is 5.95 Å². The number of amides is 1. The van der Waals surface area contributed by atoms with Crippen molar-refractivity contribution in [2.75, 3.05) is 31.1 Å². The molecule has 6 heteroatoms. The Morgan fingerprint density at radius 1 is 0.867 bits per heavy atom. The molecule has 0 radical (unpaired) electrons. The van der Waals surface area contributed by atoms with Crippen LogP contribution in [-0.2, 0) is 0 Å². The molecule has 1 aliphatic heterocycles. The van der Waals surface area contributed by atoms with E-state index in [4.69, 9.17) is 0 Å². The van der Waals surface area contributed by atoms with Crippen LogP contribution >= 0.6 is 0 Å². The smallest absolute Gasteiger partial charge is 0.255 e. The van der Waals surface area contributed by atoms with Crippen molar-refractivity contribution in [2.24, 2.45) is 0 Å². The maximum atomic E-state index is 13.0. The van der Waals surface area contributed by atoms with Gasteiger partial charge in [0, 0.05) is 61.1 Å². The van der Waals surface area contributed by atoms with Crippen LogP contribution in [-0.4, -0.2) is 51.9 Å². The normalized spacial score (nSPS) is 13.5. The zero-order valence-electron chi connectivity index (χ0n) is 17.2. The van der Waals surface area contributed by atoms with E-state index in [0.717, 1.165) is 28.5 Å². The molecule has 0 aliphatic carbocycles. The minimum Gasteiger partial charge on any atom is -0.337 e. The highest BCUT2D eigenvalue weighted by Gasteiger charge is 2.24. The molecule has 3 heterocycles. The van der Waals surface area contributed by atoms with Crippen molar-refractivity contribution in [1.29, 1.82) is 0 Å². The van der Waals surface area contributed by atoms with Crippen molar-refractivity contribution in [3.05, 3.63) is 82.9 Å². The Morgan fingerprint density at radius 3 is 2.23 bits per heavy atom. The van der Waals surface area contributed by atoms with Crippen molar-refractivity contribution in [1.82, 2.24) is 19.9 Å². The van der Waals surface area contributed by atoms with Gasteiger partial charge in [-0.15, -0.1) is 0 Å². The number of carbonyl (C=O) groups is 1. The summed E-state index contributed by atoms with van der Waals surface area (Å²) in [4.78, 5) is 30.2. The summed E-state index contributed by atoms with van der Waals surface area (Å²) in [5, 5.41) is 0. The SMILES string of the molecule is Cc1cc(C)nc(N2CCN(C(=O)c3cncc(C#Cc4ccccc4)c3)CC2)n1. The van der Waals surface area contributed by atoms with Crippen molar-refractivity contribution in [3.8, 4) is 11.8 Å². The molecule has 0 bridgehead atoms. The lowest BCUT2D eigenvalue weighted by molar-refractivity contribution is 0.0745. The van der Waals surface area contributed by atoms with E-state index in [-0.39, 0.29) is 5.91 Å². The first kappa shape index (κ1) is 19.6. The predicted molar refractivity (Wildman–Crippen MR) is 116 cm³/mol. The molecule has 4 rings (SSSR count). The lowest BCUT2D eigenvalue weighted by Gasteiger charge is -2.34.